The van der Waals surface area contributed by atoms with Gasteiger partial charge < -0.3 is 9.90 Å². The number of carboxylic acid groups (broad SMARTS) is 1. The summed E-state index contributed by atoms with van der Waals surface area (Å²) < 4.78 is 25.9. The van der Waals surface area contributed by atoms with Gasteiger partial charge in [-0.2, -0.15) is 8.42 Å². The SMILES string of the molecule is CS(=O)(=O)O.O=C([O-])c1ccccc1.[K+]. The number of carbonyl (C=O) groups excluding carboxylic acids is 1. The van der Waals surface area contributed by atoms with E-state index in [0.29, 0.717) is 6.26 Å². The first kappa shape index (κ1) is 17.6. The number of carboxylic acids is 1. The normalized spacial score (nSPS) is 9.20. The maximum absolute atomic E-state index is 10.1. The van der Waals surface area contributed by atoms with E-state index < -0.39 is 16.1 Å². The molecule has 0 fully saturated rings. The number of hydrogen-bond acceptors (Lipinski definition) is 4. The summed E-state index contributed by atoms with van der Waals surface area (Å²) in [6.45, 7) is 0. The molecule has 0 aromatic heterocycles. The Kier molecular flexibility index (Phi) is 9.86. The number of carbonyl (C=O) groups is 1. The van der Waals surface area contributed by atoms with Gasteiger partial charge in [0.1, 0.15) is 0 Å². The summed E-state index contributed by atoms with van der Waals surface area (Å²) in [6.07, 6.45) is 0.715. The zero-order chi connectivity index (χ0) is 11.2. The molecule has 5 nitrogen and oxygen atoms in total. The van der Waals surface area contributed by atoms with Gasteiger partial charge in [-0.25, -0.2) is 0 Å². The van der Waals surface area contributed by atoms with E-state index in [1.54, 1.807) is 18.2 Å². The van der Waals surface area contributed by atoms with Crippen LogP contribution >= 0.6 is 0 Å². The van der Waals surface area contributed by atoms with E-state index in [4.69, 9.17) is 4.55 Å². The second-order valence-electron chi connectivity index (χ2n) is 2.39. The Bertz CT molecular complexity index is 379. The van der Waals surface area contributed by atoms with E-state index in [-0.39, 0.29) is 56.9 Å². The van der Waals surface area contributed by atoms with Crippen molar-refractivity contribution in [3.05, 3.63) is 35.9 Å². The predicted molar refractivity (Wildman–Crippen MR) is 48.2 cm³/mol. The van der Waals surface area contributed by atoms with Gasteiger partial charge in [0.25, 0.3) is 10.1 Å². The zero-order valence-electron chi connectivity index (χ0n) is 8.38. The molecule has 0 saturated heterocycles. The van der Waals surface area contributed by atoms with E-state index in [1.165, 1.54) is 12.1 Å². The minimum absolute atomic E-state index is 0. The molecule has 1 N–H and O–H groups in total. The molecule has 0 amide bonds. The number of aromatic carboxylic acids is 1. The fourth-order valence-electron chi connectivity index (χ4n) is 0.574. The maximum atomic E-state index is 10.1. The smallest absolute Gasteiger partial charge is 0.545 e. The molecular weight excluding hydrogens is 247 g/mol. The van der Waals surface area contributed by atoms with E-state index in [2.05, 4.69) is 0 Å². The zero-order valence-corrected chi connectivity index (χ0v) is 12.3. The molecule has 0 spiro atoms. The number of rotatable bonds is 1. The van der Waals surface area contributed by atoms with Gasteiger partial charge in [0.2, 0.25) is 0 Å². The quantitative estimate of drug-likeness (QED) is 0.417. The van der Waals surface area contributed by atoms with Crippen LogP contribution in [0.25, 0.3) is 0 Å². The van der Waals surface area contributed by atoms with Gasteiger partial charge in [0.15, 0.2) is 0 Å². The van der Waals surface area contributed by atoms with Crippen LogP contribution < -0.4 is 56.5 Å². The standard InChI is InChI=1S/C7H6O2.CH4O3S.K/c8-7(9)6-4-2-1-3-5-6;1-5(2,3)4;/h1-5H,(H,8,9);1H3,(H,2,3,4);/q;;+1/p-1. The van der Waals surface area contributed by atoms with Crippen molar-refractivity contribution >= 4 is 16.1 Å². The topological polar surface area (TPSA) is 94.5 Å². The molecule has 0 aliphatic carbocycles. The third-order valence-corrected chi connectivity index (χ3v) is 1.01. The number of hydrogen-bond donors (Lipinski definition) is 1. The van der Waals surface area contributed by atoms with Crippen LogP contribution in [0.2, 0.25) is 0 Å². The van der Waals surface area contributed by atoms with Crippen molar-refractivity contribution in [1.82, 2.24) is 0 Å². The third kappa shape index (κ3) is 14.2. The average molecular weight is 256 g/mol. The molecule has 0 aliphatic rings. The Balaban J connectivity index is 0. The minimum atomic E-state index is -3.67. The fourth-order valence-corrected chi connectivity index (χ4v) is 0.574. The molecule has 0 radical (unpaired) electrons. The van der Waals surface area contributed by atoms with E-state index >= 15 is 0 Å². The van der Waals surface area contributed by atoms with Crippen LogP contribution in [0.15, 0.2) is 30.3 Å². The molecule has 0 atom stereocenters. The van der Waals surface area contributed by atoms with Crippen LogP contribution in [0.1, 0.15) is 10.4 Å². The van der Waals surface area contributed by atoms with E-state index in [1.807, 2.05) is 0 Å². The summed E-state index contributed by atoms with van der Waals surface area (Å²) >= 11 is 0. The fraction of sp³-hybridized carbons (Fsp3) is 0.125. The van der Waals surface area contributed by atoms with E-state index in [0.717, 1.165) is 0 Å². The molecule has 0 bridgehead atoms. The van der Waals surface area contributed by atoms with Gasteiger partial charge in [0.05, 0.1) is 12.2 Å². The average Bonchev–Trinajstić information content (AvgIpc) is 2.03. The van der Waals surface area contributed by atoms with Crippen molar-refractivity contribution < 1.29 is 74.3 Å². The minimum Gasteiger partial charge on any atom is -0.545 e. The molecule has 1 aromatic carbocycles. The largest absolute Gasteiger partial charge is 1.00 e. The van der Waals surface area contributed by atoms with Crippen LogP contribution in [0.3, 0.4) is 0 Å². The Morgan fingerprint density at radius 3 is 1.80 bits per heavy atom. The first-order valence-electron chi connectivity index (χ1n) is 3.49. The Labute approximate surface area is 131 Å². The van der Waals surface area contributed by atoms with Gasteiger partial charge in [-0.05, 0) is 5.56 Å². The van der Waals surface area contributed by atoms with Crippen molar-refractivity contribution in [3.63, 3.8) is 0 Å². The molecule has 1 rings (SSSR count). The van der Waals surface area contributed by atoms with Crippen LogP contribution in [0.5, 0.6) is 0 Å². The Morgan fingerprint density at radius 2 is 1.60 bits per heavy atom. The van der Waals surface area contributed by atoms with Crippen molar-refractivity contribution in [2.24, 2.45) is 0 Å². The van der Waals surface area contributed by atoms with Crippen LogP contribution in [0, 0.1) is 0 Å². The van der Waals surface area contributed by atoms with Crippen molar-refractivity contribution in [2.75, 3.05) is 6.26 Å². The third-order valence-electron chi connectivity index (χ3n) is 1.01. The molecule has 1 aromatic rings. The predicted octanol–water partition coefficient (Wildman–Crippen LogP) is -3.44. The first-order chi connectivity index (χ1) is 6.30. The summed E-state index contributed by atoms with van der Waals surface area (Å²) in [5.41, 5.74) is 0.220. The molecule has 78 valence electrons. The van der Waals surface area contributed by atoms with Crippen LogP contribution in [-0.4, -0.2) is 25.2 Å². The monoisotopic (exact) mass is 256 g/mol. The van der Waals surface area contributed by atoms with Gasteiger partial charge in [0, 0.05) is 0 Å². The summed E-state index contributed by atoms with van der Waals surface area (Å²) in [5.74, 6) is -1.13. The molecule has 0 heterocycles. The molecule has 15 heavy (non-hydrogen) atoms. The summed E-state index contributed by atoms with van der Waals surface area (Å²) in [6, 6.07) is 8.06. The van der Waals surface area contributed by atoms with Crippen molar-refractivity contribution in [2.45, 2.75) is 0 Å². The Morgan fingerprint density at radius 1 is 1.27 bits per heavy atom. The van der Waals surface area contributed by atoms with Gasteiger partial charge in [-0.15, -0.1) is 0 Å². The molecule has 0 saturated carbocycles. The molecular formula is C8H9KO5S. The van der Waals surface area contributed by atoms with Gasteiger partial charge in [-0.3, -0.25) is 4.55 Å². The molecule has 7 heteroatoms. The molecule has 0 aliphatic heterocycles. The number of benzene rings is 1. The Hall–Kier alpha value is 0.236. The molecule has 0 unspecified atom stereocenters. The first-order valence-corrected chi connectivity index (χ1v) is 5.34. The van der Waals surface area contributed by atoms with Crippen LogP contribution in [-0.2, 0) is 10.1 Å². The summed E-state index contributed by atoms with van der Waals surface area (Å²) in [4.78, 5) is 10.1. The summed E-state index contributed by atoms with van der Waals surface area (Å²) in [7, 11) is -3.67. The van der Waals surface area contributed by atoms with Gasteiger partial charge >= 0.3 is 51.4 Å². The van der Waals surface area contributed by atoms with Gasteiger partial charge in [-0.1, -0.05) is 30.3 Å². The van der Waals surface area contributed by atoms with Crippen molar-refractivity contribution in [3.8, 4) is 0 Å². The second kappa shape index (κ2) is 8.40. The second-order valence-corrected chi connectivity index (χ2v) is 3.85. The maximum Gasteiger partial charge on any atom is 1.00 e. The van der Waals surface area contributed by atoms with Crippen molar-refractivity contribution in [1.29, 1.82) is 0 Å². The summed E-state index contributed by atoms with van der Waals surface area (Å²) in [5, 5.41) is 10.1. The van der Waals surface area contributed by atoms with Crippen LogP contribution in [0.4, 0.5) is 0 Å². The van der Waals surface area contributed by atoms with E-state index in [9.17, 15) is 18.3 Å².